The highest BCUT2D eigenvalue weighted by atomic mass is 32.1. The van der Waals surface area contributed by atoms with Crippen molar-refractivity contribution in [2.24, 2.45) is 0 Å². The van der Waals surface area contributed by atoms with E-state index < -0.39 is 0 Å². The fraction of sp³-hybridized carbons (Fsp3) is 0. The minimum absolute atomic E-state index is 0.600. The summed E-state index contributed by atoms with van der Waals surface area (Å²) in [7, 11) is 0. The normalized spacial score (nSPS) is 11.9. The van der Waals surface area contributed by atoms with Crippen LogP contribution in [0.5, 0.6) is 0 Å². The van der Waals surface area contributed by atoms with Crippen molar-refractivity contribution >= 4 is 75.4 Å². The first kappa shape index (κ1) is 31.9. The van der Waals surface area contributed by atoms with Gasteiger partial charge in [0.05, 0.1) is 0 Å². The van der Waals surface area contributed by atoms with Gasteiger partial charge in [-0.1, -0.05) is 127 Å². The van der Waals surface area contributed by atoms with Crippen molar-refractivity contribution in [2.75, 3.05) is 0 Å². The van der Waals surface area contributed by atoms with Gasteiger partial charge in [-0.15, -0.1) is 11.3 Å². The first-order valence-electron chi connectivity index (χ1n) is 18.9. The molecule has 12 aromatic rings. The summed E-state index contributed by atoms with van der Waals surface area (Å²) in [5, 5.41) is 6.90. The maximum absolute atomic E-state index is 6.69. The molecule has 4 aromatic heterocycles. The predicted octanol–water partition coefficient (Wildman–Crippen LogP) is 14.4. The number of benzene rings is 8. The van der Waals surface area contributed by atoms with E-state index in [4.69, 9.17) is 23.8 Å². The lowest BCUT2D eigenvalue weighted by Gasteiger charge is -2.11. The number of hydrogen-bond acceptors (Lipinski definition) is 6. The first-order valence-corrected chi connectivity index (χ1v) is 19.7. The molecule has 4 heterocycles. The zero-order chi connectivity index (χ0) is 37.5. The predicted molar refractivity (Wildman–Crippen MR) is 234 cm³/mol. The molecule has 0 radical (unpaired) electrons. The molecule has 8 aromatic carbocycles. The van der Waals surface area contributed by atoms with Gasteiger partial charge in [0.25, 0.3) is 0 Å². The number of para-hydroxylation sites is 2. The van der Waals surface area contributed by atoms with Gasteiger partial charge in [0, 0.05) is 64.0 Å². The van der Waals surface area contributed by atoms with Gasteiger partial charge < -0.3 is 8.83 Å². The van der Waals surface area contributed by atoms with Crippen LogP contribution in [-0.2, 0) is 0 Å². The number of hydrogen-bond donors (Lipinski definition) is 0. The fourth-order valence-corrected chi connectivity index (χ4v) is 9.35. The van der Waals surface area contributed by atoms with Crippen LogP contribution < -0.4 is 0 Å². The van der Waals surface area contributed by atoms with Crippen molar-refractivity contribution in [3.8, 4) is 56.4 Å². The number of thiophene rings is 1. The Balaban J connectivity index is 0.973. The molecule has 0 saturated heterocycles. The second-order valence-corrected chi connectivity index (χ2v) is 15.4. The third-order valence-corrected chi connectivity index (χ3v) is 12.1. The molecule has 0 spiro atoms. The van der Waals surface area contributed by atoms with Gasteiger partial charge >= 0.3 is 0 Å². The fourth-order valence-electron chi connectivity index (χ4n) is 8.20. The zero-order valence-electron chi connectivity index (χ0n) is 30.3. The Labute approximate surface area is 330 Å². The topological polar surface area (TPSA) is 65.0 Å². The smallest absolute Gasteiger partial charge is 0.164 e. The van der Waals surface area contributed by atoms with Gasteiger partial charge in [0.1, 0.15) is 22.3 Å². The van der Waals surface area contributed by atoms with Crippen LogP contribution in [0.1, 0.15) is 0 Å². The number of rotatable bonds is 5. The molecular formula is C51H29N3O2S. The molecule has 0 N–H and O–H groups in total. The van der Waals surface area contributed by atoms with Crippen LogP contribution in [0.2, 0.25) is 0 Å². The third-order valence-electron chi connectivity index (χ3n) is 11.0. The SMILES string of the molecule is c1ccc(-c2nc(-c3ccc(-c4ccc(-c5ccc6c(c5)sc5ccccc56)c5c4oc4ccccc45)cc3)nc(-c3ccc4oc5ccccc5c4c3)n2)cc1. The highest BCUT2D eigenvalue weighted by Gasteiger charge is 2.19. The van der Waals surface area contributed by atoms with E-state index in [2.05, 4.69) is 109 Å². The van der Waals surface area contributed by atoms with E-state index in [0.29, 0.717) is 17.5 Å². The largest absolute Gasteiger partial charge is 0.456 e. The highest BCUT2D eigenvalue weighted by Crippen LogP contribution is 2.44. The Morgan fingerprint density at radius 1 is 0.333 bits per heavy atom. The second-order valence-electron chi connectivity index (χ2n) is 14.3. The molecule has 0 amide bonds. The summed E-state index contributed by atoms with van der Waals surface area (Å²) in [5.41, 5.74) is 10.5. The van der Waals surface area contributed by atoms with Crippen molar-refractivity contribution in [1.82, 2.24) is 15.0 Å². The van der Waals surface area contributed by atoms with E-state index in [1.54, 1.807) is 0 Å². The van der Waals surface area contributed by atoms with Crippen molar-refractivity contribution in [1.29, 1.82) is 0 Å². The van der Waals surface area contributed by atoms with Crippen LogP contribution >= 0.6 is 11.3 Å². The van der Waals surface area contributed by atoms with Gasteiger partial charge in [0.15, 0.2) is 17.5 Å². The Bertz CT molecular complexity index is 3530. The molecule has 5 nitrogen and oxygen atoms in total. The lowest BCUT2D eigenvalue weighted by atomic mass is 9.94. The standard InChI is InChI=1S/C51H29N3O2S/c1-2-10-31(11-3-1)49-52-50(54-51(53-49)34-23-27-44-41(28-34)37-12-4-7-15-42(37)55-44)32-20-18-30(19-21-32)36-26-25-35(47-40-14-5-8-16-43(40)56-48(36)47)33-22-24-39-38-13-6-9-17-45(38)57-46(39)29-33/h1-29H. The molecule has 0 fully saturated rings. The Kier molecular flexibility index (Phi) is 7.03. The van der Waals surface area contributed by atoms with Crippen LogP contribution in [0.15, 0.2) is 185 Å². The molecule has 0 bridgehead atoms. The lowest BCUT2D eigenvalue weighted by molar-refractivity contribution is 0.669. The van der Waals surface area contributed by atoms with Crippen LogP contribution in [0.3, 0.4) is 0 Å². The number of fused-ring (bicyclic) bond motifs is 9. The van der Waals surface area contributed by atoms with Gasteiger partial charge in [-0.25, -0.2) is 15.0 Å². The van der Waals surface area contributed by atoms with E-state index >= 15 is 0 Å². The van der Waals surface area contributed by atoms with E-state index in [-0.39, 0.29) is 0 Å². The molecule has 6 heteroatoms. The third kappa shape index (κ3) is 5.19. The number of nitrogens with zero attached hydrogens (tertiary/aromatic N) is 3. The van der Waals surface area contributed by atoms with Crippen LogP contribution in [0.4, 0.5) is 0 Å². The van der Waals surface area contributed by atoms with Gasteiger partial charge in [-0.3, -0.25) is 0 Å². The van der Waals surface area contributed by atoms with Crippen LogP contribution in [0, 0.1) is 0 Å². The van der Waals surface area contributed by atoms with Crippen molar-refractivity contribution < 1.29 is 8.83 Å². The van der Waals surface area contributed by atoms with Crippen molar-refractivity contribution in [3.63, 3.8) is 0 Å². The van der Waals surface area contributed by atoms with Crippen molar-refractivity contribution in [2.45, 2.75) is 0 Å². The van der Waals surface area contributed by atoms with Gasteiger partial charge in [-0.2, -0.15) is 0 Å². The molecule has 0 aliphatic heterocycles. The highest BCUT2D eigenvalue weighted by molar-refractivity contribution is 7.25. The summed E-state index contributed by atoms with van der Waals surface area (Å²) in [6.45, 7) is 0. The molecule has 57 heavy (non-hydrogen) atoms. The Morgan fingerprint density at radius 3 is 1.70 bits per heavy atom. The molecule has 0 aliphatic carbocycles. The zero-order valence-corrected chi connectivity index (χ0v) is 31.1. The summed E-state index contributed by atoms with van der Waals surface area (Å²) < 4.78 is 15.4. The maximum Gasteiger partial charge on any atom is 0.164 e. The van der Waals surface area contributed by atoms with E-state index in [9.17, 15) is 0 Å². The first-order chi connectivity index (χ1) is 28.2. The van der Waals surface area contributed by atoms with Crippen LogP contribution in [-0.4, -0.2) is 15.0 Å². The maximum atomic E-state index is 6.69. The number of furan rings is 2. The van der Waals surface area contributed by atoms with E-state index in [1.165, 1.54) is 25.7 Å². The minimum atomic E-state index is 0.600. The lowest BCUT2D eigenvalue weighted by Crippen LogP contribution is -2.00. The van der Waals surface area contributed by atoms with E-state index in [0.717, 1.165) is 77.3 Å². The Hall–Kier alpha value is -7.41. The van der Waals surface area contributed by atoms with Crippen molar-refractivity contribution in [3.05, 3.63) is 176 Å². The summed E-state index contributed by atoms with van der Waals surface area (Å²) in [6, 6.07) is 61.0. The average molecular weight is 748 g/mol. The monoisotopic (exact) mass is 747 g/mol. The summed E-state index contributed by atoms with van der Waals surface area (Å²) in [5.74, 6) is 1.82. The van der Waals surface area contributed by atoms with Gasteiger partial charge in [0.2, 0.25) is 0 Å². The molecule has 0 aliphatic rings. The molecule has 0 saturated carbocycles. The summed E-state index contributed by atoms with van der Waals surface area (Å²) >= 11 is 1.84. The average Bonchev–Trinajstić information content (AvgIpc) is 3.97. The quantitative estimate of drug-likeness (QED) is 0.175. The summed E-state index contributed by atoms with van der Waals surface area (Å²) in [6.07, 6.45) is 0. The second kappa shape index (κ2) is 12.6. The molecular weight excluding hydrogens is 719 g/mol. The van der Waals surface area contributed by atoms with E-state index in [1.807, 2.05) is 78.1 Å². The molecule has 0 atom stereocenters. The summed E-state index contributed by atoms with van der Waals surface area (Å²) in [4.78, 5) is 15.1. The van der Waals surface area contributed by atoms with Gasteiger partial charge in [-0.05, 0) is 65.2 Å². The Morgan fingerprint density at radius 2 is 0.895 bits per heavy atom. The minimum Gasteiger partial charge on any atom is -0.456 e. The van der Waals surface area contributed by atoms with Crippen LogP contribution in [0.25, 0.3) is 120 Å². The molecule has 266 valence electrons. The molecule has 0 unspecified atom stereocenters. The molecule has 12 rings (SSSR count). The number of aromatic nitrogens is 3.